The van der Waals surface area contributed by atoms with E-state index in [9.17, 15) is 5.11 Å². The Labute approximate surface area is 204 Å². The van der Waals surface area contributed by atoms with Crippen molar-refractivity contribution in [3.05, 3.63) is 52.1 Å². The monoisotopic (exact) mass is 481 g/mol. The molecule has 0 atom stereocenters. The van der Waals surface area contributed by atoms with Gasteiger partial charge in [0.1, 0.15) is 11.5 Å². The summed E-state index contributed by atoms with van der Waals surface area (Å²) < 4.78 is 18.5. The smallest absolute Gasteiger partial charge is 0.206 e. The SMILES string of the molecule is CCOc1cc(C=Nn2c(-c3cc(OC)ccc3OC)csc2=NC2CCCCC2)ccc1O. The number of hydrogen-bond acceptors (Lipinski definition) is 7. The number of rotatable bonds is 8. The predicted octanol–water partition coefficient (Wildman–Crippen LogP) is 5.45. The van der Waals surface area contributed by atoms with Gasteiger partial charge in [-0.05, 0) is 61.7 Å². The van der Waals surface area contributed by atoms with E-state index >= 15 is 0 Å². The van der Waals surface area contributed by atoms with Gasteiger partial charge in [-0.25, -0.2) is 4.68 Å². The topological polar surface area (TPSA) is 77.6 Å². The van der Waals surface area contributed by atoms with Gasteiger partial charge in [0.2, 0.25) is 4.80 Å². The standard InChI is InChI=1S/C26H31N3O4S/c1-4-33-25-14-18(10-12-23(25)30)16-27-29-22(21-15-20(31-2)11-13-24(21)32-3)17-34-26(29)28-19-8-6-5-7-9-19/h10-17,19,30H,4-9H2,1-3H3. The fourth-order valence-electron chi connectivity index (χ4n) is 4.07. The fraction of sp³-hybridized carbons (Fsp3) is 0.385. The number of nitrogens with zero attached hydrogens (tertiary/aromatic N) is 3. The molecule has 0 bridgehead atoms. The molecule has 0 unspecified atom stereocenters. The highest BCUT2D eigenvalue weighted by molar-refractivity contribution is 7.07. The van der Waals surface area contributed by atoms with Crippen LogP contribution in [-0.4, -0.2) is 42.9 Å². The molecule has 1 saturated carbocycles. The van der Waals surface area contributed by atoms with Crippen molar-refractivity contribution in [2.24, 2.45) is 10.1 Å². The summed E-state index contributed by atoms with van der Waals surface area (Å²) in [6.07, 6.45) is 7.68. The van der Waals surface area contributed by atoms with Crippen LogP contribution in [0, 0.1) is 0 Å². The Bertz CT molecular complexity index is 1210. The maximum absolute atomic E-state index is 10.0. The van der Waals surface area contributed by atoms with Crippen molar-refractivity contribution >= 4 is 17.6 Å². The van der Waals surface area contributed by atoms with Gasteiger partial charge in [-0.2, -0.15) is 5.10 Å². The van der Waals surface area contributed by atoms with E-state index in [0.29, 0.717) is 18.4 Å². The first-order valence-corrected chi connectivity index (χ1v) is 12.5. The van der Waals surface area contributed by atoms with E-state index < -0.39 is 0 Å². The summed E-state index contributed by atoms with van der Waals surface area (Å²) in [7, 11) is 3.31. The second-order valence-electron chi connectivity index (χ2n) is 8.11. The molecule has 3 aromatic rings. The van der Waals surface area contributed by atoms with Crippen molar-refractivity contribution in [1.82, 2.24) is 4.68 Å². The second kappa shape index (κ2) is 11.2. The fourth-order valence-corrected chi connectivity index (χ4v) is 4.97. The van der Waals surface area contributed by atoms with Crippen LogP contribution in [0.5, 0.6) is 23.0 Å². The number of methoxy groups -OCH3 is 2. The largest absolute Gasteiger partial charge is 0.504 e. The molecule has 180 valence electrons. The molecule has 0 saturated heterocycles. The Balaban J connectivity index is 1.81. The Morgan fingerprint density at radius 2 is 1.88 bits per heavy atom. The summed E-state index contributed by atoms with van der Waals surface area (Å²) in [5.41, 5.74) is 2.56. The zero-order chi connectivity index (χ0) is 23.9. The maximum Gasteiger partial charge on any atom is 0.206 e. The third-order valence-corrected chi connectivity index (χ3v) is 6.67. The second-order valence-corrected chi connectivity index (χ2v) is 8.94. The molecule has 1 N–H and O–H groups in total. The summed E-state index contributed by atoms with van der Waals surface area (Å²) in [4.78, 5) is 5.91. The molecule has 2 aromatic carbocycles. The average molecular weight is 482 g/mol. The van der Waals surface area contributed by atoms with E-state index in [4.69, 9.17) is 24.3 Å². The molecule has 8 heteroatoms. The highest BCUT2D eigenvalue weighted by Crippen LogP contribution is 2.34. The molecule has 1 aliphatic rings. The number of phenols is 1. The Kier molecular flexibility index (Phi) is 7.90. The molecule has 1 aliphatic carbocycles. The van der Waals surface area contributed by atoms with Gasteiger partial charge in [-0.3, -0.25) is 4.99 Å². The molecule has 0 amide bonds. The number of aromatic nitrogens is 1. The molecule has 0 radical (unpaired) electrons. The van der Waals surface area contributed by atoms with E-state index in [2.05, 4.69) is 5.38 Å². The molecule has 1 aromatic heterocycles. The average Bonchev–Trinajstić information content (AvgIpc) is 3.26. The lowest BCUT2D eigenvalue weighted by molar-refractivity contribution is 0.318. The van der Waals surface area contributed by atoms with Crippen LogP contribution in [0.3, 0.4) is 0 Å². The zero-order valence-corrected chi connectivity index (χ0v) is 20.7. The highest BCUT2D eigenvalue weighted by atomic mass is 32.1. The molecule has 1 heterocycles. The molecule has 1 fully saturated rings. The molecule has 0 spiro atoms. The number of hydrogen-bond donors (Lipinski definition) is 1. The van der Waals surface area contributed by atoms with Crippen LogP contribution < -0.4 is 19.0 Å². The van der Waals surface area contributed by atoms with Crippen molar-refractivity contribution in [1.29, 1.82) is 0 Å². The lowest BCUT2D eigenvalue weighted by Gasteiger charge is -2.17. The van der Waals surface area contributed by atoms with Crippen molar-refractivity contribution in [3.8, 4) is 34.3 Å². The van der Waals surface area contributed by atoms with E-state index in [1.165, 1.54) is 19.3 Å². The van der Waals surface area contributed by atoms with Crippen LogP contribution in [0.15, 0.2) is 51.9 Å². The molecule has 0 aliphatic heterocycles. The predicted molar refractivity (Wildman–Crippen MR) is 136 cm³/mol. The highest BCUT2D eigenvalue weighted by Gasteiger charge is 2.16. The normalized spacial score (nSPS) is 15.1. The van der Waals surface area contributed by atoms with Crippen molar-refractivity contribution in [2.45, 2.75) is 45.1 Å². The van der Waals surface area contributed by atoms with Gasteiger partial charge < -0.3 is 19.3 Å². The third-order valence-electron chi connectivity index (χ3n) is 5.84. The van der Waals surface area contributed by atoms with Gasteiger partial charge in [0, 0.05) is 10.9 Å². The Morgan fingerprint density at radius 3 is 2.62 bits per heavy atom. The van der Waals surface area contributed by atoms with Crippen LogP contribution in [0.4, 0.5) is 0 Å². The van der Waals surface area contributed by atoms with Gasteiger partial charge in [0.15, 0.2) is 11.5 Å². The maximum atomic E-state index is 10.0. The number of ether oxygens (including phenoxy) is 3. The van der Waals surface area contributed by atoms with Crippen LogP contribution in [0.25, 0.3) is 11.3 Å². The molecule has 4 rings (SSSR count). The van der Waals surface area contributed by atoms with E-state index in [1.54, 1.807) is 50.0 Å². The number of benzene rings is 2. The van der Waals surface area contributed by atoms with Crippen molar-refractivity contribution in [2.75, 3.05) is 20.8 Å². The quantitative estimate of drug-likeness (QED) is 0.434. The minimum Gasteiger partial charge on any atom is -0.504 e. The summed E-state index contributed by atoms with van der Waals surface area (Å²) in [5.74, 6) is 2.01. The van der Waals surface area contributed by atoms with Gasteiger partial charge in [-0.1, -0.05) is 19.3 Å². The minimum atomic E-state index is 0.108. The third kappa shape index (κ3) is 5.44. The summed E-state index contributed by atoms with van der Waals surface area (Å²) >= 11 is 1.57. The Morgan fingerprint density at radius 1 is 1.06 bits per heavy atom. The molecule has 34 heavy (non-hydrogen) atoms. The van der Waals surface area contributed by atoms with E-state index in [-0.39, 0.29) is 5.75 Å². The number of thiazole rings is 1. The zero-order valence-electron chi connectivity index (χ0n) is 19.9. The van der Waals surface area contributed by atoms with Crippen LogP contribution in [0.1, 0.15) is 44.6 Å². The summed E-state index contributed by atoms with van der Waals surface area (Å²) in [6.45, 7) is 2.35. The van der Waals surface area contributed by atoms with Gasteiger partial charge in [-0.15, -0.1) is 11.3 Å². The molecular weight excluding hydrogens is 450 g/mol. The van der Waals surface area contributed by atoms with Gasteiger partial charge in [0.25, 0.3) is 0 Å². The lowest BCUT2D eigenvalue weighted by atomic mass is 9.96. The van der Waals surface area contributed by atoms with Crippen molar-refractivity contribution < 1.29 is 19.3 Å². The first-order chi connectivity index (χ1) is 16.6. The van der Waals surface area contributed by atoms with Crippen molar-refractivity contribution in [3.63, 3.8) is 0 Å². The van der Waals surface area contributed by atoms with E-state index in [0.717, 1.165) is 46.0 Å². The summed E-state index contributed by atoms with van der Waals surface area (Å²) in [5, 5.41) is 16.9. The van der Waals surface area contributed by atoms with E-state index in [1.807, 2.05) is 29.8 Å². The minimum absolute atomic E-state index is 0.108. The molecular formula is C26H31N3O4S. The van der Waals surface area contributed by atoms with Crippen LogP contribution in [0.2, 0.25) is 0 Å². The molecule has 7 nitrogen and oxygen atoms in total. The lowest BCUT2D eigenvalue weighted by Crippen LogP contribution is -2.19. The first-order valence-electron chi connectivity index (χ1n) is 11.6. The first kappa shape index (κ1) is 23.9. The number of phenolic OH excluding ortho intramolecular Hbond substituents is 1. The van der Waals surface area contributed by atoms with Crippen LogP contribution >= 0.6 is 11.3 Å². The van der Waals surface area contributed by atoms with Gasteiger partial charge >= 0.3 is 0 Å². The van der Waals surface area contributed by atoms with Crippen LogP contribution in [-0.2, 0) is 0 Å². The number of aromatic hydroxyl groups is 1. The Hall–Kier alpha value is -3.26. The van der Waals surface area contributed by atoms with Gasteiger partial charge in [0.05, 0.1) is 38.8 Å². The summed E-state index contributed by atoms with van der Waals surface area (Å²) in [6, 6.07) is 11.2.